The molecule has 0 aliphatic carbocycles. The van der Waals surface area contributed by atoms with E-state index in [1.807, 2.05) is 0 Å². The van der Waals surface area contributed by atoms with Gasteiger partial charge in [0.2, 0.25) is 0 Å². The minimum absolute atomic E-state index is 0.0318. The molecular formula is C11H8O2. The van der Waals surface area contributed by atoms with E-state index < -0.39 is 0 Å². The Labute approximate surface area is 75.1 Å². The Balaban J connectivity index is 2.90. The molecule has 13 heavy (non-hydrogen) atoms. The van der Waals surface area contributed by atoms with E-state index >= 15 is 0 Å². The zero-order chi connectivity index (χ0) is 9.26. The average molecular weight is 172 g/mol. The fourth-order valence-corrected chi connectivity index (χ4v) is 1.26. The molecule has 0 saturated heterocycles. The monoisotopic (exact) mass is 172 g/mol. The van der Waals surface area contributed by atoms with E-state index in [-0.39, 0.29) is 11.2 Å². The number of hydrogen-bond donors (Lipinski definition) is 1. The van der Waals surface area contributed by atoms with Crippen molar-refractivity contribution in [2.45, 2.75) is 0 Å². The average Bonchev–Trinajstić information content (AvgIpc) is 2.29. The van der Waals surface area contributed by atoms with E-state index in [0.29, 0.717) is 0 Å². The smallest absolute Gasteiger partial charge is 0.178 e. The van der Waals surface area contributed by atoms with Gasteiger partial charge in [0.05, 0.1) is 0 Å². The van der Waals surface area contributed by atoms with Crippen LogP contribution in [0.1, 0.15) is 0 Å². The Morgan fingerprint density at radius 2 is 1.46 bits per heavy atom. The summed E-state index contributed by atoms with van der Waals surface area (Å²) in [6.07, 6.45) is 0. The summed E-state index contributed by atoms with van der Waals surface area (Å²) in [6.45, 7) is 0. The van der Waals surface area contributed by atoms with Gasteiger partial charge in [0, 0.05) is 0 Å². The summed E-state index contributed by atoms with van der Waals surface area (Å²) >= 11 is 0. The number of phenols is 1. The maximum Gasteiger partial charge on any atom is 0.178 e. The first-order valence-electron chi connectivity index (χ1n) is 3.99. The Hall–Kier alpha value is -1.83. The van der Waals surface area contributed by atoms with Crippen LogP contribution in [0.3, 0.4) is 0 Å². The highest BCUT2D eigenvalue weighted by Gasteiger charge is 1.92. The zero-order valence-corrected chi connectivity index (χ0v) is 6.90. The topological polar surface area (TPSA) is 37.3 Å². The van der Waals surface area contributed by atoms with Gasteiger partial charge in [-0.1, -0.05) is 18.2 Å². The molecule has 1 N–H and O–H groups in total. The van der Waals surface area contributed by atoms with Crippen molar-refractivity contribution in [3.63, 3.8) is 0 Å². The summed E-state index contributed by atoms with van der Waals surface area (Å²) in [7, 11) is 0. The Morgan fingerprint density at radius 1 is 0.846 bits per heavy atom. The fraction of sp³-hybridized carbons (Fsp3) is 0. The Kier molecular flexibility index (Phi) is 1.74. The fourth-order valence-electron chi connectivity index (χ4n) is 1.26. The van der Waals surface area contributed by atoms with Gasteiger partial charge in [0.25, 0.3) is 0 Å². The van der Waals surface area contributed by atoms with Gasteiger partial charge in [-0.3, -0.25) is 4.79 Å². The molecule has 0 atom stereocenters. The van der Waals surface area contributed by atoms with Gasteiger partial charge in [-0.05, 0) is 35.0 Å². The van der Waals surface area contributed by atoms with Gasteiger partial charge in [-0.25, -0.2) is 0 Å². The molecule has 64 valence electrons. The lowest BCUT2D eigenvalue weighted by molar-refractivity contribution is 0.476. The predicted molar refractivity (Wildman–Crippen MR) is 51.9 cm³/mol. The lowest BCUT2D eigenvalue weighted by atomic mass is 10.2. The molecule has 2 nitrogen and oxygen atoms in total. The Morgan fingerprint density at radius 3 is 2.23 bits per heavy atom. The quantitative estimate of drug-likeness (QED) is 0.659. The number of phenolic OH excluding ortho intramolecular Hbond substituents is 1. The first-order chi connectivity index (χ1) is 6.25. The van der Waals surface area contributed by atoms with E-state index in [1.54, 1.807) is 30.3 Å². The standard InChI is InChI=1S/C11H8O2/c12-10-4-1-8-2-6-11(13)7-9(8)3-5-10/h1-7,13H. The molecule has 0 spiro atoms. The van der Waals surface area contributed by atoms with E-state index in [9.17, 15) is 9.90 Å². The molecule has 0 aliphatic rings. The number of fused-ring (bicyclic) bond motifs is 1. The number of aromatic hydroxyl groups is 1. The van der Waals surface area contributed by atoms with Gasteiger partial charge in [0.15, 0.2) is 5.43 Å². The molecule has 2 rings (SSSR count). The van der Waals surface area contributed by atoms with Crippen LogP contribution in [0.5, 0.6) is 5.75 Å². The summed E-state index contributed by atoms with van der Waals surface area (Å²) in [5, 5.41) is 11.0. The molecule has 2 aromatic carbocycles. The first kappa shape index (κ1) is 7.80. The molecule has 0 aromatic heterocycles. The molecule has 0 unspecified atom stereocenters. The highest BCUT2D eigenvalue weighted by molar-refractivity contribution is 5.82. The van der Waals surface area contributed by atoms with Crippen molar-refractivity contribution < 1.29 is 5.11 Å². The maximum atomic E-state index is 11.0. The van der Waals surface area contributed by atoms with E-state index in [1.165, 1.54) is 12.1 Å². The third-order valence-corrected chi connectivity index (χ3v) is 1.92. The van der Waals surface area contributed by atoms with Gasteiger partial charge >= 0.3 is 0 Å². The molecule has 0 bridgehead atoms. The van der Waals surface area contributed by atoms with Crippen molar-refractivity contribution in [3.8, 4) is 5.75 Å². The molecular weight excluding hydrogens is 164 g/mol. The van der Waals surface area contributed by atoms with E-state index in [0.717, 1.165) is 10.8 Å². The van der Waals surface area contributed by atoms with Crippen LogP contribution in [-0.4, -0.2) is 5.11 Å². The second-order valence-electron chi connectivity index (χ2n) is 2.88. The lowest BCUT2D eigenvalue weighted by Crippen LogP contribution is -1.87. The summed E-state index contributed by atoms with van der Waals surface area (Å²) in [6, 6.07) is 11.5. The van der Waals surface area contributed by atoms with Crippen LogP contribution in [0.4, 0.5) is 0 Å². The van der Waals surface area contributed by atoms with Crippen molar-refractivity contribution >= 4 is 10.8 Å². The van der Waals surface area contributed by atoms with Crippen LogP contribution in [0.25, 0.3) is 10.8 Å². The second kappa shape index (κ2) is 2.90. The van der Waals surface area contributed by atoms with Crippen molar-refractivity contribution in [2.24, 2.45) is 0 Å². The highest BCUT2D eigenvalue weighted by Crippen LogP contribution is 2.17. The predicted octanol–water partition coefficient (Wildman–Crippen LogP) is 1.91. The van der Waals surface area contributed by atoms with Crippen molar-refractivity contribution in [2.75, 3.05) is 0 Å². The van der Waals surface area contributed by atoms with Gasteiger partial charge < -0.3 is 5.11 Å². The third kappa shape index (κ3) is 1.51. The minimum atomic E-state index is -0.0318. The van der Waals surface area contributed by atoms with Crippen LogP contribution in [0.15, 0.2) is 47.3 Å². The van der Waals surface area contributed by atoms with Gasteiger partial charge in [0.1, 0.15) is 5.75 Å². The molecule has 0 saturated carbocycles. The first-order valence-corrected chi connectivity index (χ1v) is 3.99. The van der Waals surface area contributed by atoms with Crippen molar-refractivity contribution in [3.05, 3.63) is 52.7 Å². The Bertz CT molecular complexity index is 503. The summed E-state index contributed by atoms with van der Waals surface area (Å²) < 4.78 is 0. The molecule has 0 aliphatic heterocycles. The van der Waals surface area contributed by atoms with Crippen molar-refractivity contribution in [1.82, 2.24) is 0 Å². The normalized spacial score (nSPS) is 10.2. The summed E-state index contributed by atoms with van der Waals surface area (Å²) in [4.78, 5) is 11.0. The molecule has 2 heteroatoms. The largest absolute Gasteiger partial charge is 0.508 e. The van der Waals surface area contributed by atoms with Crippen LogP contribution >= 0.6 is 0 Å². The van der Waals surface area contributed by atoms with Crippen LogP contribution in [0.2, 0.25) is 0 Å². The SMILES string of the molecule is O=c1ccc2ccc(O)cc2cc1. The lowest BCUT2D eigenvalue weighted by Gasteiger charge is -1.92. The zero-order valence-electron chi connectivity index (χ0n) is 6.90. The molecule has 0 radical (unpaired) electrons. The summed E-state index contributed by atoms with van der Waals surface area (Å²) in [5.41, 5.74) is -0.0318. The number of hydrogen-bond acceptors (Lipinski definition) is 2. The minimum Gasteiger partial charge on any atom is -0.508 e. The van der Waals surface area contributed by atoms with Gasteiger partial charge in [-0.15, -0.1) is 0 Å². The molecule has 2 aromatic rings. The summed E-state index contributed by atoms with van der Waals surface area (Å²) in [5.74, 6) is 0.214. The molecule has 0 heterocycles. The maximum absolute atomic E-state index is 11.0. The second-order valence-corrected chi connectivity index (χ2v) is 2.88. The van der Waals surface area contributed by atoms with Crippen LogP contribution < -0.4 is 5.43 Å². The van der Waals surface area contributed by atoms with E-state index in [4.69, 9.17) is 0 Å². The molecule has 0 fully saturated rings. The van der Waals surface area contributed by atoms with Gasteiger partial charge in [-0.2, -0.15) is 0 Å². The third-order valence-electron chi connectivity index (χ3n) is 1.92. The highest BCUT2D eigenvalue weighted by atomic mass is 16.3. The number of benzene rings is 1. The number of rotatable bonds is 0. The molecule has 0 amide bonds. The van der Waals surface area contributed by atoms with Crippen LogP contribution in [-0.2, 0) is 0 Å². The van der Waals surface area contributed by atoms with Crippen LogP contribution in [0, 0.1) is 0 Å². The van der Waals surface area contributed by atoms with Crippen molar-refractivity contribution in [1.29, 1.82) is 0 Å². The van der Waals surface area contributed by atoms with E-state index in [2.05, 4.69) is 0 Å².